The molecule has 2 atom stereocenters. The number of guanidine groups is 1. The Balaban J connectivity index is 1.39. The van der Waals surface area contributed by atoms with Crippen molar-refractivity contribution in [1.82, 2.24) is 15.5 Å². The van der Waals surface area contributed by atoms with E-state index in [0.717, 1.165) is 71.0 Å². The Bertz CT molecular complexity index is 576. The molecule has 3 rings (SSSR count). The third kappa shape index (κ3) is 6.64. The Hall–Kier alpha value is -1.31. The fraction of sp³-hybridized carbons (Fsp3) is 0.762. The van der Waals surface area contributed by atoms with E-state index in [1.165, 1.54) is 5.00 Å². The van der Waals surface area contributed by atoms with Gasteiger partial charge in [-0.1, -0.05) is 0 Å². The van der Waals surface area contributed by atoms with Crippen LogP contribution >= 0.6 is 11.3 Å². The fourth-order valence-corrected chi connectivity index (χ4v) is 4.94. The molecule has 0 saturated carbocycles. The maximum absolute atomic E-state index is 5.82. The molecule has 28 heavy (non-hydrogen) atoms. The van der Waals surface area contributed by atoms with Gasteiger partial charge >= 0.3 is 0 Å². The highest BCUT2D eigenvalue weighted by molar-refractivity contribution is 7.14. The van der Waals surface area contributed by atoms with Crippen molar-refractivity contribution in [2.24, 2.45) is 4.99 Å². The third-order valence-corrected chi connectivity index (χ3v) is 6.32. The first-order valence-electron chi connectivity index (χ1n) is 10.8. The number of rotatable bonds is 7. The average molecular weight is 408 g/mol. The van der Waals surface area contributed by atoms with Gasteiger partial charge in [0.1, 0.15) is 0 Å². The fourth-order valence-electron chi connectivity index (χ4n) is 4.16. The summed E-state index contributed by atoms with van der Waals surface area (Å²) in [6, 6.07) is 4.87. The number of morpholine rings is 1. The summed E-state index contributed by atoms with van der Waals surface area (Å²) in [5.74, 6) is 0.973. The van der Waals surface area contributed by atoms with Gasteiger partial charge < -0.3 is 20.3 Å². The third-order valence-electron chi connectivity index (χ3n) is 5.40. The molecule has 2 unspecified atom stereocenters. The second-order valence-electron chi connectivity index (χ2n) is 7.99. The average Bonchev–Trinajstić information content (AvgIpc) is 3.20. The summed E-state index contributed by atoms with van der Waals surface area (Å²) >= 11 is 1.84. The van der Waals surface area contributed by atoms with Crippen molar-refractivity contribution in [1.29, 1.82) is 0 Å². The number of anilines is 1. The topological polar surface area (TPSA) is 52.1 Å². The zero-order valence-electron chi connectivity index (χ0n) is 17.7. The van der Waals surface area contributed by atoms with Gasteiger partial charge in [0.25, 0.3) is 0 Å². The lowest BCUT2D eigenvalue weighted by Gasteiger charge is -2.35. The second kappa shape index (κ2) is 11.0. The van der Waals surface area contributed by atoms with E-state index in [-0.39, 0.29) is 0 Å². The maximum atomic E-state index is 5.82. The van der Waals surface area contributed by atoms with Crippen molar-refractivity contribution in [3.63, 3.8) is 0 Å². The molecule has 0 radical (unpaired) electrons. The molecule has 2 aliphatic rings. The number of nitrogens with zero attached hydrogens (tertiary/aromatic N) is 3. The SMILES string of the molecule is CCNC(=NCCCN1CC(C)OC(C)C1)NC1CCN(c2cccs2)CC1. The summed E-state index contributed by atoms with van der Waals surface area (Å²) in [4.78, 5) is 9.83. The Labute approximate surface area is 174 Å². The summed E-state index contributed by atoms with van der Waals surface area (Å²) < 4.78 is 5.82. The van der Waals surface area contributed by atoms with E-state index in [1.807, 2.05) is 11.3 Å². The summed E-state index contributed by atoms with van der Waals surface area (Å²) in [7, 11) is 0. The molecule has 0 amide bonds. The molecule has 2 fully saturated rings. The lowest BCUT2D eigenvalue weighted by atomic mass is 10.1. The number of piperidine rings is 1. The highest BCUT2D eigenvalue weighted by atomic mass is 32.1. The maximum Gasteiger partial charge on any atom is 0.191 e. The van der Waals surface area contributed by atoms with Crippen molar-refractivity contribution in [3.8, 4) is 0 Å². The Morgan fingerprint density at radius 3 is 2.64 bits per heavy atom. The standard InChI is InChI=1S/C21H37N5OS/c1-4-22-21(23-10-6-11-25-15-17(2)27-18(3)16-25)24-19-8-12-26(13-9-19)20-7-5-14-28-20/h5,7,14,17-19H,4,6,8-13,15-16H2,1-3H3,(H2,22,23,24). The molecule has 2 N–H and O–H groups in total. The van der Waals surface area contributed by atoms with Gasteiger partial charge in [-0.15, -0.1) is 11.3 Å². The van der Waals surface area contributed by atoms with Gasteiger partial charge in [0.15, 0.2) is 5.96 Å². The van der Waals surface area contributed by atoms with Crippen LogP contribution in [0.25, 0.3) is 0 Å². The predicted molar refractivity (Wildman–Crippen MR) is 120 cm³/mol. The van der Waals surface area contributed by atoms with E-state index in [1.54, 1.807) is 0 Å². The van der Waals surface area contributed by atoms with Crippen LogP contribution in [0.15, 0.2) is 22.5 Å². The highest BCUT2D eigenvalue weighted by Gasteiger charge is 2.22. The molecular formula is C21H37N5OS. The van der Waals surface area contributed by atoms with Gasteiger partial charge in [-0.2, -0.15) is 0 Å². The van der Waals surface area contributed by atoms with E-state index in [0.29, 0.717) is 18.2 Å². The second-order valence-corrected chi connectivity index (χ2v) is 8.91. The Morgan fingerprint density at radius 2 is 2.00 bits per heavy atom. The lowest BCUT2D eigenvalue weighted by molar-refractivity contribution is -0.0679. The predicted octanol–water partition coefficient (Wildman–Crippen LogP) is 2.77. The number of thiophene rings is 1. The normalized spacial score (nSPS) is 25.1. The van der Waals surface area contributed by atoms with Gasteiger partial charge in [0.05, 0.1) is 17.2 Å². The summed E-state index contributed by atoms with van der Waals surface area (Å²) in [6.07, 6.45) is 4.09. The van der Waals surface area contributed by atoms with Gasteiger partial charge in [-0.25, -0.2) is 0 Å². The molecule has 3 heterocycles. The number of ether oxygens (including phenoxy) is 1. The first-order valence-corrected chi connectivity index (χ1v) is 11.7. The van der Waals surface area contributed by atoms with Crippen molar-refractivity contribution in [2.75, 3.05) is 50.7 Å². The smallest absolute Gasteiger partial charge is 0.191 e. The Morgan fingerprint density at radius 1 is 1.25 bits per heavy atom. The molecule has 1 aromatic rings. The van der Waals surface area contributed by atoms with Crippen LogP contribution in [0, 0.1) is 0 Å². The van der Waals surface area contributed by atoms with Crippen LogP contribution in [0.4, 0.5) is 5.00 Å². The van der Waals surface area contributed by atoms with Crippen LogP contribution in [0.3, 0.4) is 0 Å². The van der Waals surface area contributed by atoms with Crippen molar-refractivity contribution in [3.05, 3.63) is 17.5 Å². The van der Waals surface area contributed by atoms with Crippen LogP contribution in [0.2, 0.25) is 0 Å². The van der Waals surface area contributed by atoms with Crippen molar-refractivity contribution >= 4 is 22.3 Å². The Kier molecular flexibility index (Phi) is 8.43. The molecule has 0 aliphatic carbocycles. The summed E-state index contributed by atoms with van der Waals surface area (Å²) in [6.45, 7) is 13.6. The molecule has 2 saturated heterocycles. The molecule has 0 bridgehead atoms. The minimum atomic E-state index is 0.339. The number of nitrogens with one attached hydrogen (secondary N) is 2. The molecular weight excluding hydrogens is 370 g/mol. The van der Waals surface area contributed by atoms with Crippen LogP contribution in [-0.4, -0.2) is 74.9 Å². The first-order chi connectivity index (χ1) is 13.6. The summed E-state index contributed by atoms with van der Waals surface area (Å²) in [5.41, 5.74) is 0. The molecule has 1 aromatic heterocycles. The van der Waals surface area contributed by atoms with Gasteiger partial charge in [-0.3, -0.25) is 9.89 Å². The lowest BCUT2D eigenvalue weighted by Crippen LogP contribution is -2.48. The zero-order valence-corrected chi connectivity index (χ0v) is 18.5. The largest absolute Gasteiger partial charge is 0.373 e. The van der Waals surface area contributed by atoms with Crippen molar-refractivity contribution < 1.29 is 4.74 Å². The first kappa shape index (κ1) is 21.4. The molecule has 6 nitrogen and oxygen atoms in total. The monoisotopic (exact) mass is 407 g/mol. The van der Waals surface area contributed by atoms with Gasteiger partial charge in [0, 0.05) is 51.9 Å². The molecule has 2 aliphatic heterocycles. The van der Waals surface area contributed by atoms with Crippen molar-refractivity contribution in [2.45, 2.75) is 58.3 Å². The van der Waals surface area contributed by atoms with Crippen LogP contribution in [-0.2, 0) is 4.74 Å². The highest BCUT2D eigenvalue weighted by Crippen LogP contribution is 2.24. The number of hydrogen-bond acceptors (Lipinski definition) is 5. The van der Waals surface area contributed by atoms with Crippen LogP contribution < -0.4 is 15.5 Å². The minimum Gasteiger partial charge on any atom is -0.373 e. The number of aliphatic imine (C=N–C) groups is 1. The molecule has 0 aromatic carbocycles. The van der Waals surface area contributed by atoms with Gasteiger partial charge in [0.2, 0.25) is 0 Å². The summed E-state index contributed by atoms with van der Waals surface area (Å²) in [5, 5.41) is 10.6. The molecule has 7 heteroatoms. The van der Waals surface area contributed by atoms with E-state index >= 15 is 0 Å². The van der Waals surface area contributed by atoms with Crippen LogP contribution in [0.5, 0.6) is 0 Å². The van der Waals surface area contributed by atoms with Gasteiger partial charge in [-0.05, 0) is 57.5 Å². The van der Waals surface area contributed by atoms with E-state index < -0.39 is 0 Å². The number of hydrogen-bond donors (Lipinski definition) is 2. The van der Waals surface area contributed by atoms with E-state index in [4.69, 9.17) is 9.73 Å². The molecule has 0 spiro atoms. The quantitative estimate of drug-likeness (QED) is 0.414. The van der Waals surface area contributed by atoms with E-state index in [2.05, 4.69) is 58.7 Å². The van der Waals surface area contributed by atoms with E-state index in [9.17, 15) is 0 Å². The van der Waals surface area contributed by atoms with Crippen LogP contribution in [0.1, 0.15) is 40.0 Å². The molecule has 158 valence electrons. The zero-order chi connectivity index (χ0) is 19.8. The minimum absolute atomic E-state index is 0.339.